The maximum atomic E-state index is 5.45. The number of pyridine rings is 1. The van der Waals surface area contributed by atoms with Crippen LogP contribution in [0.4, 0.5) is 0 Å². The summed E-state index contributed by atoms with van der Waals surface area (Å²) in [4.78, 5) is 6.44. The lowest BCUT2D eigenvalue weighted by Crippen LogP contribution is -2.38. The molecule has 5 nitrogen and oxygen atoms in total. The number of nitrogens with one attached hydrogen (secondary N) is 1. The van der Waals surface area contributed by atoms with E-state index in [1.165, 1.54) is 0 Å². The van der Waals surface area contributed by atoms with E-state index < -0.39 is 0 Å². The van der Waals surface area contributed by atoms with Crippen LogP contribution >= 0.6 is 12.2 Å². The van der Waals surface area contributed by atoms with Gasteiger partial charge in [-0.3, -0.25) is 14.6 Å². The van der Waals surface area contributed by atoms with Crippen molar-refractivity contribution >= 4 is 12.2 Å². The van der Waals surface area contributed by atoms with Gasteiger partial charge in [-0.15, -0.1) is 0 Å². The maximum absolute atomic E-state index is 5.45. The van der Waals surface area contributed by atoms with E-state index in [1.807, 2.05) is 12.1 Å². The number of H-pyrrole nitrogens is 1. The van der Waals surface area contributed by atoms with E-state index in [4.69, 9.17) is 12.2 Å². The van der Waals surface area contributed by atoms with Gasteiger partial charge in [0.25, 0.3) is 0 Å². The van der Waals surface area contributed by atoms with E-state index in [2.05, 4.69) is 38.6 Å². The lowest BCUT2D eigenvalue weighted by molar-refractivity contribution is 0.159. The third-order valence-corrected chi connectivity index (χ3v) is 4.33. The van der Waals surface area contributed by atoms with Gasteiger partial charge >= 0.3 is 0 Å². The second-order valence-corrected chi connectivity index (χ2v) is 5.94. The smallest absolute Gasteiger partial charge is 0.195 e. The Bertz CT molecular complexity index is 633. The van der Waals surface area contributed by atoms with E-state index in [1.54, 1.807) is 12.4 Å². The van der Waals surface area contributed by atoms with Crippen molar-refractivity contribution in [2.45, 2.75) is 19.4 Å². The van der Waals surface area contributed by atoms with Gasteiger partial charge in [-0.05, 0) is 50.3 Å². The van der Waals surface area contributed by atoms with Crippen LogP contribution in [0, 0.1) is 10.7 Å². The Morgan fingerprint density at radius 3 is 2.80 bits per heavy atom. The highest BCUT2D eigenvalue weighted by Gasteiger charge is 2.28. The fourth-order valence-corrected chi connectivity index (χ4v) is 3.31. The van der Waals surface area contributed by atoms with Crippen LogP contribution in [0.3, 0.4) is 0 Å². The minimum Gasteiger partial charge on any atom is -0.306 e. The van der Waals surface area contributed by atoms with Crippen LogP contribution in [0.2, 0.25) is 0 Å². The molecule has 0 bridgehead atoms. The lowest BCUT2D eigenvalue weighted by Gasteiger charge is -2.35. The van der Waals surface area contributed by atoms with E-state index in [-0.39, 0.29) is 0 Å². The van der Waals surface area contributed by atoms with Crippen LogP contribution in [-0.4, -0.2) is 44.8 Å². The van der Waals surface area contributed by atoms with Gasteiger partial charge in [0.1, 0.15) is 0 Å². The molecule has 0 spiro atoms. The van der Waals surface area contributed by atoms with Gasteiger partial charge in [-0.2, -0.15) is 5.10 Å². The minimum absolute atomic E-state index is 0.403. The fourth-order valence-electron chi connectivity index (χ4n) is 3.04. The molecule has 1 aliphatic rings. The van der Waals surface area contributed by atoms with Crippen molar-refractivity contribution in [3.8, 4) is 11.4 Å². The minimum atomic E-state index is 0.403. The Morgan fingerprint density at radius 2 is 2.10 bits per heavy atom. The summed E-state index contributed by atoms with van der Waals surface area (Å²) in [6, 6.07) is 4.35. The summed E-state index contributed by atoms with van der Waals surface area (Å²) in [5.41, 5.74) is 1.05. The summed E-state index contributed by atoms with van der Waals surface area (Å²) < 4.78 is 2.89. The van der Waals surface area contributed by atoms with Gasteiger partial charge in [0.2, 0.25) is 0 Å². The Morgan fingerprint density at radius 1 is 1.35 bits per heavy atom. The monoisotopic (exact) mass is 289 g/mol. The molecule has 1 N–H and O–H groups in total. The van der Waals surface area contributed by atoms with Gasteiger partial charge in [-0.1, -0.05) is 6.92 Å². The van der Waals surface area contributed by atoms with Crippen molar-refractivity contribution < 1.29 is 0 Å². The summed E-state index contributed by atoms with van der Waals surface area (Å²) in [6.45, 7) is 4.47. The molecule has 0 saturated carbocycles. The zero-order valence-electron chi connectivity index (χ0n) is 11.8. The highest BCUT2D eigenvalue weighted by atomic mass is 32.1. The average molecular weight is 289 g/mol. The Labute approximate surface area is 123 Å². The van der Waals surface area contributed by atoms with Crippen molar-refractivity contribution in [2.75, 3.05) is 20.1 Å². The first-order valence-corrected chi connectivity index (χ1v) is 7.33. The summed E-state index contributed by atoms with van der Waals surface area (Å²) in [5, 5.41) is 7.37. The van der Waals surface area contributed by atoms with E-state index in [9.17, 15) is 0 Å². The molecule has 3 heterocycles. The zero-order chi connectivity index (χ0) is 14.1. The number of likely N-dealkylation sites (tertiary alicyclic amines) is 1. The molecule has 1 saturated heterocycles. The molecule has 0 radical (unpaired) electrons. The lowest BCUT2D eigenvalue weighted by atomic mass is 9.93. The van der Waals surface area contributed by atoms with Crippen LogP contribution in [-0.2, 0) is 0 Å². The van der Waals surface area contributed by atoms with Crippen LogP contribution < -0.4 is 0 Å². The predicted molar refractivity (Wildman–Crippen MR) is 81.0 cm³/mol. The average Bonchev–Trinajstić information content (AvgIpc) is 2.82. The maximum Gasteiger partial charge on any atom is 0.195 e. The molecule has 2 aromatic rings. The molecule has 6 heteroatoms. The topological polar surface area (TPSA) is 49.7 Å². The second kappa shape index (κ2) is 5.46. The Balaban J connectivity index is 2.02. The van der Waals surface area contributed by atoms with E-state index >= 15 is 0 Å². The molecular weight excluding hydrogens is 270 g/mol. The molecule has 0 aliphatic carbocycles. The number of hydrogen-bond donors (Lipinski definition) is 1. The number of piperidine rings is 1. The van der Waals surface area contributed by atoms with E-state index in [0.717, 1.165) is 30.9 Å². The van der Waals surface area contributed by atoms with Crippen LogP contribution in [0.25, 0.3) is 11.4 Å². The predicted octanol–water partition coefficient (Wildman–Crippen LogP) is 2.52. The molecule has 2 unspecified atom stereocenters. The van der Waals surface area contributed by atoms with Gasteiger partial charge in [0, 0.05) is 30.5 Å². The van der Waals surface area contributed by atoms with Gasteiger partial charge in [0.15, 0.2) is 10.6 Å². The second-order valence-electron chi connectivity index (χ2n) is 5.55. The number of aromatic nitrogens is 4. The van der Waals surface area contributed by atoms with Crippen LogP contribution in [0.1, 0.15) is 19.4 Å². The number of aromatic amines is 1. The van der Waals surface area contributed by atoms with Crippen molar-refractivity contribution in [3.05, 3.63) is 29.3 Å². The molecule has 0 amide bonds. The number of nitrogens with zero attached hydrogens (tertiary/aromatic N) is 4. The fraction of sp³-hybridized carbons (Fsp3) is 0.500. The van der Waals surface area contributed by atoms with Crippen LogP contribution in [0.15, 0.2) is 24.5 Å². The summed E-state index contributed by atoms with van der Waals surface area (Å²) >= 11 is 5.45. The Kier molecular flexibility index (Phi) is 3.67. The van der Waals surface area contributed by atoms with Crippen molar-refractivity contribution in [3.63, 3.8) is 0 Å². The molecule has 20 heavy (non-hydrogen) atoms. The molecule has 0 aromatic carbocycles. The van der Waals surface area contributed by atoms with Crippen molar-refractivity contribution in [1.29, 1.82) is 0 Å². The number of hydrogen-bond acceptors (Lipinski definition) is 4. The van der Waals surface area contributed by atoms with Gasteiger partial charge in [0.05, 0.1) is 0 Å². The molecular formula is C14H19N5S. The summed E-state index contributed by atoms with van der Waals surface area (Å²) in [7, 11) is 2.17. The SMILES string of the molecule is CC1CN(C)CCC1n1c(-c2ccncc2)n[nH]c1=S. The normalized spacial score (nSPS) is 23.9. The van der Waals surface area contributed by atoms with Gasteiger partial charge in [-0.25, -0.2) is 0 Å². The van der Waals surface area contributed by atoms with Crippen LogP contribution in [0.5, 0.6) is 0 Å². The molecule has 3 rings (SSSR count). The third kappa shape index (κ3) is 2.41. The van der Waals surface area contributed by atoms with E-state index in [0.29, 0.717) is 16.7 Å². The standard InChI is InChI=1S/C14H19N5S/c1-10-9-18(2)8-5-12(10)19-13(16-17-14(19)20)11-3-6-15-7-4-11/h3-4,6-7,10,12H,5,8-9H2,1-2H3,(H,17,20). The molecule has 2 atom stereocenters. The first-order valence-electron chi connectivity index (χ1n) is 6.92. The van der Waals surface area contributed by atoms with Gasteiger partial charge < -0.3 is 4.90 Å². The first kappa shape index (κ1) is 13.5. The molecule has 1 aliphatic heterocycles. The number of rotatable bonds is 2. The molecule has 1 fully saturated rings. The zero-order valence-corrected chi connectivity index (χ0v) is 12.6. The molecule has 106 valence electrons. The largest absolute Gasteiger partial charge is 0.306 e. The van der Waals surface area contributed by atoms with Crippen molar-refractivity contribution in [1.82, 2.24) is 24.6 Å². The third-order valence-electron chi connectivity index (χ3n) is 4.04. The highest BCUT2D eigenvalue weighted by molar-refractivity contribution is 7.71. The quantitative estimate of drug-likeness (QED) is 0.863. The molecule has 2 aromatic heterocycles. The van der Waals surface area contributed by atoms with Crippen molar-refractivity contribution in [2.24, 2.45) is 5.92 Å². The summed E-state index contributed by atoms with van der Waals surface area (Å²) in [6.07, 6.45) is 4.68. The highest BCUT2D eigenvalue weighted by Crippen LogP contribution is 2.31. The Hall–Kier alpha value is -1.53. The first-order chi connectivity index (χ1) is 9.66. The summed E-state index contributed by atoms with van der Waals surface area (Å²) in [5.74, 6) is 1.47.